The lowest BCUT2D eigenvalue weighted by atomic mass is 10.0. The largest absolute Gasteiger partial charge is 0.504 e. The van der Waals surface area contributed by atoms with Gasteiger partial charge in [-0.25, -0.2) is 0 Å². The van der Waals surface area contributed by atoms with Crippen LogP contribution in [0.25, 0.3) is 0 Å². The Morgan fingerprint density at radius 1 is 1.19 bits per heavy atom. The fraction of sp³-hybridized carbons (Fsp3) is 0.333. The number of ether oxygens (including phenoxy) is 1. The molecule has 2 aromatic carbocycles. The van der Waals surface area contributed by atoms with Crippen molar-refractivity contribution in [2.24, 2.45) is 0 Å². The Labute approximate surface area is 125 Å². The number of phenolic OH excluding ortho intramolecular Hbond substituents is 1. The van der Waals surface area contributed by atoms with Gasteiger partial charge >= 0.3 is 0 Å². The predicted octanol–water partition coefficient (Wildman–Crippen LogP) is 3.74. The first-order valence-corrected chi connectivity index (χ1v) is 7.37. The molecule has 0 aromatic heterocycles. The second-order valence-corrected chi connectivity index (χ2v) is 5.71. The van der Waals surface area contributed by atoms with Gasteiger partial charge in [-0.1, -0.05) is 37.3 Å². The van der Waals surface area contributed by atoms with Crippen LogP contribution in [0.15, 0.2) is 42.5 Å². The number of nitrogens with one attached hydrogen (secondary N) is 1. The molecule has 2 unspecified atom stereocenters. The van der Waals surface area contributed by atoms with Gasteiger partial charge in [-0.05, 0) is 41.2 Å². The zero-order valence-electron chi connectivity index (χ0n) is 12.5. The standard InChI is InChI=1S/C18H21NO2/c1-12-9-16(15-6-4-3-5-14(12)15)19-11-13-7-8-18(21-2)17(20)10-13/h3-8,10,12,16,19-20H,9,11H2,1-2H3. The number of fused-ring (bicyclic) bond motifs is 1. The molecule has 3 heteroatoms. The molecule has 0 aliphatic heterocycles. The molecule has 0 radical (unpaired) electrons. The molecule has 1 aliphatic carbocycles. The summed E-state index contributed by atoms with van der Waals surface area (Å²) in [6.45, 7) is 3.02. The fourth-order valence-electron chi connectivity index (χ4n) is 3.16. The van der Waals surface area contributed by atoms with E-state index in [1.807, 2.05) is 6.07 Å². The molecule has 0 heterocycles. The van der Waals surface area contributed by atoms with Gasteiger partial charge in [-0.15, -0.1) is 0 Å². The minimum absolute atomic E-state index is 0.192. The van der Waals surface area contributed by atoms with Gasteiger partial charge in [0.1, 0.15) is 0 Å². The van der Waals surface area contributed by atoms with E-state index in [2.05, 4.69) is 36.5 Å². The number of benzene rings is 2. The molecule has 0 spiro atoms. The van der Waals surface area contributed by atoms with Gasteiger partial charge in [0.05, 0.1) is 7.11 Å². The van der Waals surface area contributed by atoms with Crippen molar-refractivity contribution >= 4 is 0 Å². The third kappa shape index (κ3) is 2.74. The summed E-state index contributed by atoms with van der Waals surface area (Å²) in [4.78, 5) is 0. The molecule has 2 aromatic rings. The Morgan fingerprint density at radius 3 is 2.67 bits per heavy atom. The lowest BCUT2D eigenvalue weighted by molar-refractivity contribution is 0.372. The molecule has 0 amide bonds. The van der Waals surface area contributed by atoms with Crippen LogP contribution in [0.4, 0.5) is 0 Å². The average molecular weight is 283 g/mol. The summed E-state index contributed by atoms with van der Waals surface area (Å²) in [6.07, 6.45) is 1.13. The van der Waals surface area contributed by atoms with E-state index in [1.165, 1.54) is 11.1 Å². The normalized spacial score (nSPS) is 20.3. The minimum Gasteiger partial charge on any atom is -0.504 e. The summed E-state index contributed by atoms with van der Waals surface area (Å²) in [5.74, 6) is 1.30. The molecule has 0 fully saturated rings. The molecule has 110 valence electrons. The van der Waals surface area contributed by atoms with Crippen LogP contribution in [0.2, 0.25) is 0 Å². The molecule has 1 aliphatic rings. The van der Waals surface area contributed by atoms with Gasteiger partial charge in [0.15, 0.2) is 11.5 Å². The van der Waals surface area contributed by atoms with E-state index in [0.29, 0.717) is 17.7 Å². The minimum atomic E-state index is 0.192. The highest BCUT2D eigenvalue weighted by Crippen LogP contribution is 2.39. The molecule has 0 bridgehead atoms. The van der Waals surface area contributed by atoms with Crippen LogP contribution in [0.3, 0.4) is 0 Å². The summed E-state index contributed by atoms with van der Waals surface area (Å²) in [5, 5.41) is 13.4. The van der Waals surface area contributed by atoms with E-state index in [-0.39, 0.29) is 5.75 Å². The smallest absolute Gasteiger partial charge is 0.160 e. The lowest BCUT2D eigenvalue weighted by Crippen LogP contribution is -2.18. The third-order valence-electron chi connectivity index (χ3n) is 4.29. The van der Waals surface area contributed by atoms with Crippen LogP contribution >= 0.6 is 0 Å². The maximum absolute atomic E-state index is 9.83. The van der Waals surface area contributed by atoms with E-state index in [9.17, 15) is 5.11 Å². The molecule has 21 heavy (non-hydrogen) atoms. The molecule has 2 N–H and O–H groups in total. The highest BCUT2D eigenvalue weighted by atomic mass is 16.5. The van der Waals surface area contributed by atoms with Gasteiger partial charge in [0.25, 0.3) is 0 Å². The summed E-state index contributed by atoms with van der Waals surface area (Å²) >= 11 is 0. The zero-order chi connectivity index (χ0) is 14.8. The van der Waals surface area contributed by atoms with Gasteiger partial charge in [-0.3, -0.25) is 0 Å². The zero-order valence-corrected chi connectivity index (χ0v) is 12.5. The third-order valence-corrected chi connectivity index (χ3v) is 4.29. The van der Waals surface area contributed by atoms with Crippen molar-refractivity contribution in [1.29, 1.82) is 0 Å². The van der Waals surface area contributed by atoms with Crippen LogP contribution < -0.4 is 10.1 Å². The Morgan fingerprint density at radius 2 is 1.95 bits per heavy atom. The number of phenols is 1. The quantitative estimate of drug-likeness (QED) is 0.898. The maximum Gasteiger partial charge on any atom is 0.160 e. The second-order valence-electron chi connectivity index (χ2n) is 5.71. The monoisotopic (exact) mass is 283 g/mol. The Bertz CT molecular complexity index is 639. The fourth-order valence-corrected chi connectivity index (χ4v) is 3.16. The summed E-state index contributed by atoms with van der Waals surface area (Å²) in [6, 6.07) is 14.6. The molecular weight excluding hydrogens is 262 g/mol. The number of hydrogen-bond donors (Lipinski definition) is 2. The first-order valence-electron chi connectivity index (χ1n) is 7.37. The maximum atomic E-state index is 9.83. The van der Waals surface area contributed by atoms with Crippen molar-refractivity contribution in [1.82, 2.24) is 5.32 Å². The van der Waals surface area contributed by atoms with Crippen molar-refractivity contribution in [3.8, 4) is 11.5 Å². The van der Waals surface area contributed by atoms with Crippen molar-refractivity contribution in [3.05, 3.63) is 59.2 Å². The summed E-state index contributed by atoms with van der Waals surface area (Å²) in [7, 11) is 1.56. The number of aromatic hydroxyl groups is 1. The van der Waals surface area contributed by atoms with Crippen LogP contribution in [-0.4, -0.2) is 12.2 Å². The SMILES string of the molecule is COc1ccc(CNC2CC(C)c3ccccc32)cc1O. The van der Waals surface area contributed by atoms with E-state index in [0.717, 1.165) is 18.5 Å². The van der Waals surface area contributed by atoms with Crippen LogP contribution in [0.1, 0.15) is 42.0 Å². The van der Waals surface area contributed by atoms with Crippen molar-refractivity contribution < 1.29 is 9.84 Å². The first-order chi connectivity index (χ1) is 10.2. The van der Waals surface area contributed by atoms with Crippen molar-refractivity contribution in [2.75, 3.05) is 7.11 Å². The molecule has 3 rings (SSSR count). The van der Waals surface area contributed by atoms with Crippen molar-refractivity contribution in [3.63, 3.8) is 0 Å². The topological polar surface area (TPSA) is 41.5 Å². The number of hydrogen-bond acceptors (Lipinski definition) is 3. The Hall–Kier alpha value is -2.00. The van der Waals surface area contributed by atoms with Gasteiger partial charge < -0.3 is 15.2 Å². The van der Waals surface area contributed by atoms with Crippen LogP contribution in [-0.2, 0) is 6.54 Å². The van der Waals surface area contributed by atoms with Crippen LogP contribution in [0.5, 0.6) is 11.5 Å². The Balaban J connectivity index is 1.70. The predicted molar refractivity (Wildman–Crippen MR) is 83.7 cm³/mol. The second kappa shape index (κ2) is 5.78. The van der Waals surface area contributed by atoms with E-state index in [1.54, 1.807) is 19.2 Å². The van der Waals surface area contributed by atoms with Gasteiger partial charge in [-0.2, -0.15) is 0 Å². The number of rotatable bonds is 4. The highest BCUT2D eigenvalue weighted by molar-refractivity contribution is 5.42. The molecule has 2 atom stereocenters. The Kier molecular flexibility index (Phi) is 3.84. The van der Waals surface area contributed by atoms with Crippen LogP contribution in [0, 0.1) is 0 Å². The number of methoxy groups -OCH3 is 1. The molecule has 0 saturated carbocycles. The summed E-state index contributed by atoms with van der Waals surface area (Å²) < 4.78 is 5.07. The van der Waals surface area contributed by atoms with Crippen molar-refractivity contribution in [2.45, 2.75) is 31.8 Å². The van der Waals surface area contributed by atoms with Gasteiger partial charge in [0, 0.05) is 12.6 Å². The first kappa shape index (κ1) is 14.0. The molecule has 3 nitrogen and oxygen atoms in total. The highest BCUT2D eigenvalue weighted by Gasteiger charge is 2.27. The van der Waals surface area contributed by atoms with Gasteiger partial charge in [0.2, 0.25) is 0 Å². The summed E-state index contributed by atoms with van der Waals surface area (Å²) in [5.41, 5.74) is 3.92. The lowest BCUT2D eigenvalue weighted by Gasteiger charge is -2.15. The molecule has 0 saturated heterocycles. The van der Waals surface area contributed by atoms with E-state index in [4.69, 9.17) is 4.74 Å². The van der Waals surface area contributed by atoms with E-state index < -0.39 is 0 Å². The molecular formula is C18H21NO2. The average Bonchev–Trinajstić information content (AvgIpc) is 2.82. The van der Waals surface area contributed by atoms with E-state index >= 15 is 0 Å².